The second-order valence-corrected chi connectivity index (χ2v) is 6.36. The molecule has 0 amide bonds. The number of thioether (sulfide) groups is 1. The number of hydrogen-bond acceptors (Lipinski definition) is 3. The topological polar surface area (TPSA) is 15.3 Å². The van der Waals surface area contributed by atoms with Gasteiger partial charge in [0, 0.05) is 24.2 Å². The van der Waals surface area contributed by atoms with Gasteiger partial charge in [-0.25, -0.2) is 0 Å². The summed E-state index contributed by atoms with van der Waals surface area (Å²) in [6.45, 7) is 5.73. The normalized spacial score (nSPS) is 19.8. The lowest BCUT2D eigenvalue weighted by atomic mass is 9.99. The lowest BCUT2D eigenvalue weighted by Crippen LogP contribution is -2.36. The monoisotopic (exact) mass is 264 g/mol. The number of nitrogens with one attached hydrogen (secondary N) is 1. The molecule has 1 heterocycles. The van der Waals surface area contributed by atoms with E-state index in [-0.39, 0.29) is 0 Å². The maximum atomic E-state index is 3.49. The van der Waals surface area contributed by atoms with Crippen LogP contribution >= 0.6 is 11.8 Å². The first-order chi connectivity index (χ1) is 8.79. The standard InChI is InChI=1S/C15H24N2S/c1-3-18-15-8-6-14(7-9-15)17(2)12-13-5-4-10-16-11-13/h6-9,13,16H,3-5,10-12H2,1-2H3. The Morgan fingerprint density at radius 2 is 2.11 bits per heavy atom. The zero-order valence-electron chi connectivity index (χ0n) is 11.5. The van der Waals surface area contributed by atoms with Crippen LogP contribution < -0.4 is 10.2 Å². The highest BCUT2D eigenvalue weighted by Gasteiger charge is 2.15. The van der Waals surface area contributed by atoms with E-state index in [9.17, 15) is 0 Å². The second kappa shape index (κ2) is 7.05. The van der Waals surface area contributed by atoms with E-state index in [1.807, 2.05) is 11.8 Å². The molecule has 1 fully saturated rings. The van der Waals surface area contributed by atoms with Gasteiger partial charge in [-0.05, 0) is 61.9 Å². The van der Waals surface area contributed by atoms with Gasteiger partial charge in [-0.15, -0.1) is 11.8 Å². The molecular weight excluding hydrogens is 240 g/mol. The zero-order chi connectivity index (χ0) is 12.8. The van der Waals surface area contributed by atoms with Crippen molar-refractivity contribution in [3.05, 3.63) is 24.3 Å². The molecule has 0 saturated carbocycles. The SMILES string of the molecule is CCSc1ccc(N(C)CC2CCCNC2)cc1. The molecule has 1 aromatic rings. The molecule has 1 saturated heterocycles. The van der Waals surface area contributed by atoms with Crippen molar-refractivity contribution >= 4 is 17.4 Å². The summed E-state index contributed by atoms with van der Waals surface area (Å²) in [7, 11) is 2.20. The Bertz CT molecular complexity index is 344. The van der Waals surface area contributed by atoms with Gasteiger partial charge in [0.25, 0.3) is 0 Å². The molecule has 0 aromatic heterocycles. The third-order valence-corrected chi connectivity index (χ3v) is 4.41. The molecule has 1 atom stereocenters. The van der Waals surface area contributed by atoms with E-state index in [2.05, 4.69) is 48.5 Å². The summed E-state index contributed by atoms with van der Waals surface area (Å²) < 4.78 is 0. The number of rotatable bonds is 5. The highest BCUT2D eigenvalue weighted by atomic mass is 32.2. The van der Waals surface area contributed by atoms with Crippen LogP contribution in [0.2, 0.25) is 0 Å². The minimum Gasteiger partial charge on any atom is -0.374 e. The summed E-state index contributed by atoms with van der Waals surface area (Å²) in [5.41, 5.74) is 1.33. The van der Waals surface area contributed by atoms with Crippen molar-refractivity contribution in [2.24, 2.45) is 5.92 Å². The molecule has 1 N–H and O–H groups in total. The van der Waals surface area contributed by atoms with Gasteiger partial charge < -0.3 is 10.2 Å². The number of piperidine rings is 1. The molecule has 1 aromatic carbocycles. The Labute approximate surface area is 115 Å². The molecule has 0 spiro atoms. The zero-order valence-corrected chi connectivity index (χ0v) is 12.3. The number of nitrogens with zero attached hydrogens (tertiary/aromatic N) is 1. The van der Waals surface area contributed by atoms with Gasteiger partial charge in [0.2, 0.25) is 0 Å². The Balaban J connectivity index is 1.89. The average Bonchev–Trinajstić information content (AvgIpc) is 2.41. The van der Waals surface area contributed by atoms with E-state index in [1.165, 1.54) is 36.5 Å². The molecule has 1 aliphatic heterocycles. The predicted octanol–water partition coefficient (Wildman–Crippen LogP) is 3.23. The van der Waals surface area contributed by atoms with Gasteiger partial charge in [-0.2, -0.15) is 0 Å². The Morgan fingerprint density at radius 3 is 2.72 bits per heavy atom. The van der Waals surface area contributed by atoms with Gasteiger partial charge in [0.1, 0.15) is 0 Å². The van der Waals surface area contributed by atoms with Crippen LogP contribution in [-0.2, 0) is 0 Å². The predicted molar refractivity (Wildman–Crippen MR) is 81.7 cm³/mol. The molecule has 3 heteroatoms. The maximum absolute atomic E-state index is 3.49. The summed E-state index contributed by atoms with van der Waals surface area (Å²) in [6.07, 6.45) is 2.69. The van der Waals surface area contributed by atoms with Crippen molar-refractivity contribution in [3.8, 4) is 0 Å². The fourth-order valence-corrected chi connectivity index (χ4v) is 3.20. The van der Waals surface area contributed by atoms with Crippen LogP contribution in [0.15, 0.2) is 29.2 Å². The van der Waals surface area contributed by atoms with Crippen LogP contribution in [0.5, 0.6) is 0 Å². The number of hydrogen-bond donors (Lipinski definition) is 1. The third-order valence-electron chi connectivity index (χ3n) is 3.52. The molecule has 0 aliphatic carbocycles. The van der Waals surface area contributed by atoms with Crippen molar-refractivity contribution in [3.63, 3.8) is 0 Å². The first-order valence-electron chi connectivity index (χ1n) is 6.94. The molecule has 0 bridgehead atoms. The summed E-state index contributed by atoms with van der Waals surface area (Å²) in [5.74, 6) is 1.94. The summed E-state index contributed by atoms with van der Waals surface area (Å²) in [6, 6.07) is 8.96. The van der Waals surface area contributed by atoms with E-state index in [1.54, 1.807) is 0 Å². The summed E-state index contributed by atoms with van der Waals surface area (Å²) in [4.78, 5) is 3.76. The van der Waals surface area contributed by atoms with E-state index >= 15 is 0 Å². The first kappa shape index (κ1) is 13.8. The van der Waals surface area contributed by atoms with Crippen LogP contribution in [0.1, 0.15) is 19.8 Å². The lowest BCUT2D eigenvalue weighted by Gasteiger charge is -2.29. The number of benzene rings is 1. The Kier molecular flexibility index (Phi) is 5.39. The molecule has 18 heavy (non-hydrogen) atoms. The van der Waals surface area contributed by atoms with Crippen molar-refractivity contribution in [1.29, 1.82) is 0 Å². The minimum atomic E-state index is 0.799. The van der Waals surface area contributed by atoms with Crippen molar-refractivity contribution in [2.75, 3.05) is 37.3 Å². The van der Waals surface area contributed by atoms with Gasteiger partial charge in [-0.3, -0.25) is 0 Å². The molecule has 0 radical (unpaired) electrons. The lowest BCUT2D eigenvalue weighted by molar-refractivity contribution is 0.381. The third kappa shape index (κ3) is 3.92. The molecule has 100 valence electrons. The fraction of sp³-hybridized carbons (Fsp3) is 0.600. The van der Waals surface area contributed by atoms with E-state index in [4.69, 9.17) is 0 Å². The van der Waals surface area contributed by atoms with E-state index in [0.717, 1.165) is 18.2 Å². The smallest absolute Gasteiger partial charge is 0.0364 e. The first-order valence-corrected chi connectivity index (χ1v) is 7.93. The highest BCUT2D eigenvalue weighted by molar-refractivity contribution is 7.99. The Hall–Kier alpha value is -0.670. The highest BCUT2D eigenvalue weighted by Crippen LogP contribution is 2.22. The molecule has 1 aliphatic rings. The maximum Gasteiger partial charge on any atom is 0.0364 e. The molecule has 2 rings (SSSR count). The van der Waals surface area contributed by atoms with Crippen molar-refractivity contribution < 1.29 is 0 Å². The van der Waals surface area contributed by atoms with Crippen molar-refractivity contribution in [2.45, 2.75) is 24.7 Å². The van der Waals surface area contributed by atoms with Crippen LogP contribution in [0, 0.1) is 5.92 Å². The molecular formula is C15H24N2S. The van der Waals surface area contributed by atoms with Crippen LogP contribution in [0.25, 0.3) is 0 Å². The van der Waals surface area contributed by atoms with Gasteiger partial charge >= 0.3 is 0 Å². The van der Waals surface area contributed by atoms with Crippen LogP contribution in [0.4, 0.5) is 5.69 Å². The number of anilines is 1. The second-order valence-electron chi connectivity index (χ2n) is 5.02. The molecule has 1 unspecified atom stereocenters. The van der Waals surface area contributed by atoms with Crippen LogP contribution in [-0.4, -0.2) is 32.4 Å². The van der Waals surface area contributed by atoms with Gasteiger partial charge in [-0.1, -0.05) is 6.92 Å². The van der Waals surface area contributed by atoms with Crippen LogP contribution in [0.3, 0.4) is 0 Å². The molecule has 2 nitrogen and oxygen atoms in total. The van der Waals surface area contributed by atoms with Gasteiger partial charge in [0.15, 0.2) is 0 Å². The summed E-state index contributed by atoms with van der Waals surface area (Å²) in [5, 5.41) is 3.49. The van der Waals surface area contributed by atoms with E-state index < -0.39 is 0 Å². The Morgan fingerprint density at radius 1 is 1.33 bits per heavy atom. The fourth-order valence-electron chi connectivity index (χ4n) is 2.54. The van der Waals surface area contributed by atoms with Crippen molar-refractivity contribution in [1.82, 2.24) is 5.32 Å². The summed E-state index contributed by atoms with van der Waals surface area (Å²) >= 11 is 1.90. The average molecular weight is 264 g/mol. The largest absolute Gasteiger partial charge is 0.374 e. The van der Waals surface area contributed by atoms with Gasteiger partial charge in [0.05, 0.1) is 0 Å². The quantitative estimate of drug-likeness (QED) is 0.822. The van der Waals surface area contributed by atoms with E-state index in [0.29, 0.717) is 0 Å². The minimum absolute atomic E-state index is 0.799.